The van der Waals surface area contributed by atoms with Crippen molar-refractivity contribution in [3.05, 3.63) is 60.1 Å². The maximum atomic E-state index is 9.22. The molecule has 8 nitrogen and oxygen atoms in total. The lowest BCUT2D eigenvalue weighted by Gasteiger charge is -2.03. The number of rotatable bonds is 4. The number of tetrazole rings is 1. The number of nitriles is 1. The van der Waals surface area contributed by atoms with E-state index in [1.807, 2.05) is 49.4 Å². The molecule has 0 spiro atoms. The maximum absolute atomic E-state index is 9.22. The van der Waals surface area contributed by atoms with E-state index in [1.54, 1.807) is 6.20 Å². The Kier molecular flexibility index (Phi) is 3.88. The number of aryl methyl sites for hydroxylation is 1. The molecule has 26 heavy (non-hydrogen) atoms. The molecule has 3 N–H and O–H groups in total. The van der Waals surface area contributed by atoms with Gasteiger partial charge in [-0.05, 0) is 42.0 Å². The van der Waals surface area contributed by atoms with Crippen molar-refractivity contribution < 1.29 is 0 Å². The Balaban J connectivity index is 1.63. The Morgan fingerprint density at radius 2 is 2.15 bits per heavy atom. The fourth-order valence-corrected chi connectivity index (χ4v) is 2.59. The van der Waals surface area contributed by atoms with E-state index in [1.165, 1.54) is 5.56 Å². The van der Waals surface area contributed by atoms with Crippen LogP contribution < -0.4 is 5.32 Å². The summed E-state index contributed by atoms with van der Waals surface area (Å²) in [6.07, 6.45) is 1.55. The zero-order valence-corrected chi connectivity index (χ0v) is 13.9. The number of imidazole rings is 1. The van der Waals surface area contributed by atoms with Crippen molar-refractivity contribution in [2.24, 2.45) is 0 Å². The molecule has 2 aromatic heterocycles. The van der Waals surface area contributed by atoms with Crippen molar-refractivity contribution in [3.63, 3.8) is 0 Å². The standard InChI is InChI=1S/C18H14N8/c1-11-5-6-15-16(7-11)22-17(21-15)12-3-2-4-14(8-12)20-10-13(9-19)18-23-25-26-24-18/h2-8,10,20H,1H3,(H,21,22)(H,23,24,25,26). The van der Waals surface area contributed by atoms with Crippen molar-refractivity contribution in [2.75, 3.05) is 5.32 Å². The van der Waals surface area contributed by atoms with Crippen LogP contribution >= 0.6 is 0 Å². The number of aromatic nitrogens is 6. The van der Waals surface area contributed by atoms with E-state index in [0.29, 0.717) is 0 Å². The number of allylic oxidation sites excluding steroid dienone is 1. The molecule has 8 heteroatoms. The second-order valence-corrected chi connectivity index (χ2v) is 5.74. The van der Waals surface area contributed by atoms with Gasteiger partial charge >= 0.3 is 0 Å². The van der Waals surface area contributed by atoms with E-state index in [2.05, 4.69) is 42.0 Å². The summed E-state index contributed by atoms with van der Waals surface area (Å²) < 4.78 is 0. The fourth-order valence-electron chi connectivity index (χ4n) is 2.59. The second-order valence-electron chi connectivity index (χ2n) is 5.74. The molecule has 2 aromatic carbocycles. The highest BCUT2D eigenvalue weighted by Gasteiger charge is 2.07. The topological polar surface area (TPSA) is 119 Å². The summed E-state index contributed by atoms with van der Waals surface area (Å²) in [4.78, 5) is 7.97. The Morgan fingerprint density at radius 1 is 1.23 bits per heavy atom. The van der Waals surface area contributed by atoms with Gasteiger partial charge in [-0.25, -0.2) is 4.98 Å². The first-order chi connectivity index (χ1) is 12.7. The first-order valence-electron chi connectivity index (χ1n) is 7.90. The average molecular weight is 342 g/mol. The molecule has 4 rings (SSSR count). The Morgan fingerprint density at radius 3 is 2.96 bits per heavy atom. The number of nitrogens with one attached hydrogen (secondary N) is 3. The molecule has 0 aliphatic rings. The van der Waals surface area contributed by atoms with Crippen LogP contribution in [-0.2, 0) is 0 Å². The number of hydrogen-bond donors (Lipinski definition) is 3. The second kappa shape index (κ2) is 6.49. The summed E-state index contributed by atoms with van der Waals surface area (Å²) in [5.74, 6) is 1.03. The Bertz CT molecular complexity index is 1130. The molecule has 0 saturated heterocycles. The van der Waals surface area contributed by atoms with Crippen LogP contribution in [0.5, 0.6) is 0 Å². The third-order valence-electron chi connectivity index (χ3n) is 3.86. The molecule has 126 valence electrons. The molecular weight excluding hydrogens is 328 g/mol. The minimum absolute atomic E-state index is 0.240. The molecule has 0 radical (unpaired) electrons. The smallest absolute Gasteiger partial charge is 0.216 e. The number of anilines is 1. The summed E-state index contributed by atoms with van der Waals surface area (Å²) in [6.45, 7) is 2.05. The molecule has 0 unspecified atom stereocenters. The van der Waals surface area contributed by atoms with Crippen LogP contribution in [-0.4, -0.2) is 30.6 Å². The van der Waals surface area contributed by atoms with E-state index >= 15 is 0 Å². The summed E-state index contributed by atoms with van der Waals surface area (Å²) in [5, 5.41) is 25.7. The number of nitrogens with zero attached hydrogens (tertiary/aromatic N) is 5. The van der Waals surface area contributed by atoms with E-state index in [4.69, 9.17) is 0 Å². The van der Waals surface area contributed by atoms with E-state index in [-0.39, 0.29) is 11.4 Å². The van der Waals surface area contributed by atoms with Crippen molar-refractivity contribution in [2.45, 2.75) is 6.92 Å². The van der Waals surface area contributed by atoms with Gasteiger partial charge in [0.05, 0.1) is 11.0 Å². The minimum atomic E-state index is 0.240. The van der Waals surface area contributed by atoms with Crippen molar-refractivity contribution >= 4 is 22.3 Å². The lowest BCUT2D eigenvalue weighted by atomic mass is 10.2. The van der Waals surface area contributed by atoms with Crippen LogP contribution in [0.1, 0.15) is 11.4 Å². The average Bonchev–Trinajstić information content (AvgIpc) is 3.32. The zero-order chi connectivity index (χ0) is 17.9. The number of fused-ring (bicyclic) bond motifs is 1. The molecule has 0 aliphatic heterocycles. The van der Waals surface area contributed by atoms with Gasteiger partial charge in [-0.15, -0.1) is 10.2 Å². The van der Waals surface area contributed by atoms with Crippen molar-refractivity contribution in [3.8, 4) is 17.5 Å². The molecular formula is C18H14N8. The predicted molar refractivity (Wildman–Crippen MR) is 97.7 cm³/mol. The van der Waals surface area contributed by atoms with Gasteiger partial charge in [0.15, 0.2) is 0 Å². The van der Waals surface area contributed by atoms with Gasteiger partial charge < -0.3 is 10.3 Å². The summed E-state index contributed by atoms with van der Waals surface area (Å²) >= 11 is 0. The summed E-state index contributed by atoms with van der Waals surface area (Å²) in [5.41, 5.74) is 5.14. The van der Waals surface area contributed by atoms with E-state index < -0.39 is 0 Å². The number of H-pyrrole nitrogens is 2. The molecule has 0 fully saturated rings. The van der Waals surface area contributed by atoms with Gasteiger partial charge in [-0.3, -0.25) is 0 Å². The zero-order valence-electron chi connectivity index (χ0n) is 13.9. The van der Waals surface area contributed by atoms with Crippen molar-refractivity contribution in [1.82, 2.24) is 30.6 Å². The minimum Gasteiger partial charge on any atom is -0.360 e. The van der Waals surface area contributed by atoms with Gasteiger partial charge in [0.25, 0.3) is 0 Å². The molecule has 0 amide bonds. The lowest BCUT2D eigenvalue weighted by Crippen LogP contribution is -1.93. The highest BCUT2D eigenvalue weighted by atomic mass is 15.5. The molecule has 0 saturated carbocycles. The van der Waals surface area contributed by atoms with Gasteiger partial charge in [0, 0.05) is 17.5 Å². The maximum Gasteiger partial charge on any atom is 0.216 e. The monoisotopic (exact) mass is 342 g/mol. The van der Waals surface area contributed by atoms with Crippen LogP contribution in [0.3, 0.4) is 0 Å². The molecule has 0 bridgehead atoms. The van der Waals surface area contributed by atoms with Crippen LogP contribution in [0.2, 0.25) is 0 Å². The molecule has 0 atom stereocenters. The summed E-state index contributed by atoms with van der Waals surface area (Å²) in [7, 11) is 0. The van der Waals surface area contributed by atoms with E-state index in [9.17, 15) is 5.26 Å². The molecule has 4 aromatic rings. The van der Waals surface area contributed by atoms with Crippen LogP contribution in [0.4, 0.5) is 5.69 Å². The van der Waals surface area contributed by atoms with Crippen LogP contribution in [0.25, 0.3) is 28.0 Å². The number of hydrogen-bond acceptors (Lipinski definition) is 6. The quantitative estimate of drug-likeness (QED) is 0.490. The Labute approximate surface area is 148 Å². The van der Waals surface area contributed by atoms with Crippen molar-refractivity contribution in [1.29, 1.82) is 5.26 Å². The highest BCUT2D eigenvalue weighted by molar-refractivity contribution is 5.81. The Hall–Kier alpha value is -3.99. The SMILES string of the molecule is Cc1ccc2nc(-c3cccc(NC=C(C#N)c4nn[nH]n4)c3)[nH]c2c1. The predicted octanol–water partition coefficient (Wildman–Crippen LogP) is 3.03. The van der Waals surface area contributed by atoms with Crippen LogP contribution in [0.15, 0.2) is 48.7 Å². The molecule has 2 heterocycles. The third kappa shape index (κ3) is 3.01. The van der Waals surface area contributed by atoms with Gasteiger partial charge in [-0.1, -0.05) is 18.2 Å². The third-order valence-corrected chi connectivity index (χ3v) is 3.86. The molecule has 0 aliphatic carbocycles. The van der Waals surface area contributed by atoms with Gasteiger partial charge in [0.1, 0.15) is 17.5 Å². The van der Waals surface area contributed by atoms with Gasteiger partial charge in [-0.2, -0.15) is 10.5 Å². The summed E-state index contributed by atoms with van der Waals surface area (Å²) in [6, 6.07) is 15.9. The van der Waals surface area contributed by atoms with E-state index in [0.717, 1.165) is 28.1 Å². The van der Waals surface area contributed by atoms with Crippen LogP contribution in [0, 0.1) is 18.3 Å². The fraction of sp³-hybridized carbons (Fsp3) is 0.0556. The first-order valence-corrected chi connectivity index (χ1v) is 7.90. The lowest BCUT2D eigenvalue weighted by molar-refractivity contribution is 0.881. The number of benzene rings is 2. The first kappa shape index (κ1) is 15.5. The normalized spacial score (nSPS) is 11.5. The highest BCUT2D eigenvalue weighted by Crippen LogP contribution is 2.24. The van der Waals surface area contributed by atoms with Gasteiger partial charge in [0.2, 0.25) is 5.82 Å². The number of aromatic amines is 2. The largest absolute Gasteiger partial charge is 0.360 e.